The largest absolute Gasteiger partial charge is 0.504 e. The van der Waals surface area contributed by atoms with E-state index in [9.17, 15) is 14.7 Å². The van der Waals surface area contributed by atoms with Crippen molar-refractivity contribution in [3.05, 3.63) is 77.4 Å². The quantitative estimate of drug-likeness (QED) is 0.586. The first kappa shape index (κ1) is 21.0. The number of nitrogens with one attached hydrogen (secondary N) is 1. The summed E-state index contributed by atoms with van der Waals surface area (Å²) >= 11 is 0. The van der Waals surface area contributed by atoms with E-state index >= 15 is 0 Å². The van der Waals surface area contributed by atoms with Crippen LogP contribution in [-0.4, -0.2) is 40.1 Å². The van der Waals surface area contributed by atoms with E-state index in [1.807, 2.05) is 54.6 Å². The van der Waals surface area contributed by atoms with Gasteiger partial charge in [0.1, 0.15) is 12.4 Å². The molecule has 0 saturated carbocycles. The Kier molecular flexibility index (Phi) is 6.75. The molecule has 0 unspecified atom stereocenters. The molecule has 0 fully saturated rings. The van der Waals surface area contributed by atoms with Crippen LogP contribution in [0, 0.1) is 6.92 Å². The topological polar surface area (TPSA) is 101 Å². The molecule has 3 rings (SSSR count). The number of aryl methyl sites for hydroxylation is 1. The van der Waals surface area contributed by atoms with E-state index < -0.39 is 11.9 Å². The molecule has 1 amide bonds. The Morgan fingerprint density at radius 2 is 1.77 bits per heavy atom. The molecule has 154 valence electrons. The maximum absolute atomic E-state index is 12.4. The van der Waals surface area contributed by atoms with Gasteiger partial charge in [0.15, 0.2) is 11.4 Å². The van der Waals surface area contributed by atoms with E-state index in [1.54, 1.807) is 13.8 Å². The number of rotatable bonds is 7. The average molecular weight is 405 g/mol. The summed E-state index contributed by atoms with van der Waals surface area (Å²) in [4.78, 5) is 32.4. The molecule has 2 N–H and O–H groups in total. The van der Waals surface area contributed by atoms with Crippen molar-refractivity contribution in [3.8, 4) is 16.9 Å². The molecule has 7 nitrogen and oxygen atoms in total. The molecule has 7 heteroatoms. The number of nitrogens with zero attached hydrogens (tertiary/aromatic N) is 2. The Bertz CT molecular complexity index is 1050. The number of carbonyl (C=O) groups is 2. The highest BCUT2D eigenvalue weighted by molar-refractivity contribution is 5.96. The number of aromatic nitrogens is 2. The van der Waals surface area contributed by atoms with E-state index in [2.05, 4.69) is 15.3 Å². The van der Waals surface area contributed by atoms with Crippen molar-refractivity contribution in [2.75, 3.05) is 13.2 Å². The van der Waals surface area contributed by atoms with Crippen LogP contribution in [0.2, 0.25) is 0 Å². The number of ether oxygens (including phenoxy) is 1. The second-order valence-corrected chi connectivity index (χ2v) is 6.65. The number of esters is 1. The summed E-state index contributed by atoms with van der Waals surface area (Å²) in [7, 11) is 0. The number of hydrogen-bond acceptors (Lipinski definition) is 6. The van der Waals surface area contributed by atoms with Crippen LogP contribution >= 0.6 is 0 Å². The molecule has 0 aliphatic heterocycles. The minimum absolute atomic E-state index is 0.166. The first-order valence-electron chi connectivity index (χ1n) is 9.62. The Morgan fingerprint density at radius 1 is 1.03 bits per heavy atom. The molecule has 2 aromatic carbocycles. The van der Waals surface area contributed by atoms with E-state index in [0.717, 1.165) is 16.7 Å². The van der Waals surface area contributed by atoms with Crippen LogP contribution in [0.4, 0.5) is 0 Å². The lowest BCUT2D eigenvalue weighted by Crippen LogP contribution is -2.31. The molecule has 3 aromatic rings. The molecule has 0 spiro atoms. The summed E-state index contributed by atoms with van der Waals surface area (Å²) in [5.41, 5.74) is 3.26. The van der Waals surface area contributed by atoms with E-state index in [-0.39, 0.29) is 24.6 Å². The lowest BCUT2D eigenvalue weighted by atomic mass is 10.0. The van der Waals surface area contributed by atoms with Crippen molar-refractivity contribution in [2.45, 2.75) is 20.3 Å². The van der Waals surface area contributed by atoms with Gasteiger partial charge in [0, 0.05) is 6.42 Å². The summed E-state index contributed by atoms with van der Waals surface area (Å²) in [5.74, 6) is -1.13. The third-order valence-corrected chi connectivity index (χ3v) is 4.41. The van der Waals surface area contributed by atoms with Crippen molar-refractivity contribution in [1.29, 1.82) is 0 Å². The predicted octanol–water partition coefficient (Wildman–Crippen LogP) is 3.04. The van der Waals surface area contributed by atoms with Crippen LogP contribution in [0.3, 0.4) is 0 Å². The minimum Gasteiger partial charge on any atom is -0.504 e. The van der Waals surface area contributed by atoms with Crippen LogP contribution in [0.5, 0.6) is 5.75 Å². The Labute approximate surface area is 174 Å². The second-order valence-electron chi connectivity index (χ2n) is 6.65. The van der Waals surface area contributed by atoms with Crippen molar-refractivity contribution in [1.82, 2.24) is 15.3 Å². The van der Waals surface area contributed by atoms with Crippen LogP contribution < -0.4 is 5.32 Å². The molecule has 0 radical (unpaired) electrons. The summed E-state index contributed by atoms with van der Waals surface area (Å²) in [6, 6.07) is 18.0. The van der Waals surface area contributed by atoms with Crippen molar-refractivity contribution >= 4 is 11.9 Å². The minimum atomic E-state index is -0.662. The first-order chi connectivity index (χ1) is 14.5. The zero-order valence-corrected chi connectivity index (χ0v) is 16.9. The van der Waals surface area contributed by atoms with Gasteiger partial charge in [-0.1, -0.05) is 54.6 Å². The third-order valence-electron chi connectivity index (χ3n) is 4.41. The fraction of sp³-hybridized carbons (Fsp3) is 0.217. The molecule has 0 atom stereocenters. The zero-order chi connectivity index (χ0) is 21.5. The highest BCUT2D eigenvalue weighted by Crippen LogP contribution is 2.23. The fourth-order valence-electron chi connectivity index (χ4n) is 2.98. The lowest BCUT2D eigenvalue weighted by Gasteiger charge is -2.10. The Hall–Kier alpha value is -3.74. The number of amides is 1. The number of hydrogen-bond donors (Lipinski definition) is 2. The summed E-state index contributed by atoms with van der Waals surface area (Å²) in [5, 5.41) is 12.6. The third kappa shape index (κ3) is 5.20. The zero-order valence-electron chi connectivity index (χ0n) is 16.9. The highest BCUT2D eigenvalue weighted by Gasteiger charge is 2.19. The van der Waals surface area contributed by atoms with Gasteiger partial charge >= 0.3 is 5.97 Å². The monoisotopic (exact) mass is 405 g/mol. The van der Waals surface area contributed by atoms with E-state index in [1.165, 1.54) is 0 Å². The molecular weight excluding hydrogens is 382 g/mol. The van der Waals surface area contributed by atoms with Gasteiger partial charge in [-0.15, -0.1) is 0 Å². The van der Waals surface area contributed by atoms with Gasteiger partial charge in [-0.25, -0.2) is 9.97 Å². The first-order valence-corrected chi connectivity index (χ1v) is 9.62. The number of carbonyl (C=O) groups excluding carboxylic acids is 2. The molecular formula is C23H23N3O4. The number of aromatic hydroxyl groups is 1. The van der Waals surface area contributed by atoms with E-state index in [4.69, 9.17) is 4.74 Å². The van der Waals surface area contributed by atoms with Gasteiger partial charge in [0.25, 0.3) is 5.91 Å². The second kappa shape index (κ2) is 9.65. The smallest absolute Gasteiger partial charge is 0.325 e. The molecule has 30 heavy (non-hydrogen) atoms. The summed E-state index contributed by atoms with van der Waals surface area (Å²) in [6.07, 6.45) is 0.389. The molecule has 0 bridgehead atoms. The van der Waals surface area contributed by atoms with Gasteiger partial charge in [0.05, 0.1) is 12.3 Å². The molecule has 1 heterocycles. The Balaban J connectivity index is 1.80. The van der Waals surface area contributed by atoms with E-state index in [0.29, 0.717) is 17.9 Å². The van der Waals surface area contributed by atoms with Gasteiger partial charge in [-0.2, -0.15) is 0 Å². The van der Waals surface area contributed by atoms with Gasteiger partial charge < -0.3 is 15.2 Å². The van der Waals surface area contributed by atoms with Gasteiger partial charge in [-0.05, 0) is 30.5 Å². The highest BCUT2D eigenvalue weighted by atomic mass is 16.5. The van der Waals surface area contributed by atoms with Crippen molar-refractivity contribution in [2.24, 2.45) is 0 Å². The van der Waals surface area contributed by atoms with Gasteiger partial charge in [-0.3, -0.25) is 9.59 Å². The van der Waals surface area contributed by atoms with Crippen molar-refractivity contribution < 1.29 is 19.4 Å². The molecule has 1 aromatic heterocycles. The van der Waals surface area contributed by atoms with Crippen LogP contribution in [-0.2, 0) is 16.0 Å². The van der Waals surface area contributed by atoms with Crippen LogP contribution in [0.25, 0.3) is 11.1 Å². The van der Waals surface area contributed by atoms with Gasteiger partial charge in [0.2, 0.25) is 0 Å². The summed E-state index contributed by atoms with van der Waals surface area (Å²) in [6.45, 7) is 3.20. The normalized spacial score (nSPS) is 10.5. The number of benzene rings is 2. The maximum Gasteiger partial charge on any atom is 0.325 e. The standard InChI is InChI=1S/C23H23N3O4/c1-3-30-20(27)14-24-23(29)21-22(28)15(2)25-19(26-21)13-16-8-7-11-18(12-16)17-9-5-4-6-10-17/h4-12,28H,3,13-14H2,1-2H3,(H,24,29). The van der Waals surface area contributed by atoms with Crippen LogP contribution in [0.1, 0.15) is 34.5 Å². The average Bonchev–Trinajstić information content (AvgIpc) is 2.75. The van der Waals surface area contributed by atoms with Crippen molar-refractivity contribution in [3.63, 3.8) is 0 Å². The molecule has 0 aliphatic rings. The van der Waals surface area contributed by atoms with Crippen LogP contribution in [0.15, 0.2) is 54.6 Å². The molecule has 0 aliphatic carbocycles. The maximum atomic E-state index is 12.4. The lowest BCUT2D eigenvalue weighted by molar-refractivity contribution is -0.141. The molecule has 0 saturated heterocycles. The Morgan fingerprint density at radius 3 is 2.50 bits per heavy atom. The SMILES string of the molecule is CCOC(=O)CNC(=O)c1nc(Cc2cccc(-c3ccccc3)c2)nc(C)c1O. The predicted molar refractivity (Wildman–Crippen MR) is 112 cm³/mol. The fourth-order valence-corrected chi connectivity index (χ4v) is 2.98. The summed E-state index contributed by atoms with van der Waals surface area (Å²) < 4.78 is 4.78.